The molecule has 0 radical (unpaired) electrons. The van der Waals surface area contributed by atoms with Crippen molar-refractivity contribution >= 4 is 6.29 Å². The van der Waals surface area contributed by atoms with Gasteiger partial charge in [0.2, 0.25) is 0 Å². The molecule has 4 N–H and O–H groups in total. The molecule has 0 aliphatic carbocycles. The lowest BCUT2D eigenvalue weighted by atomic mass is 10.2. The number of carbonyl (C=O) groups is 1. The highest BCUT2D eigenvalue weighted by Gasteiger charge is 1.98. The molecule has 2 rings (SSSR count). The molecule has 0 amide bonds. The summed E-state index contributed by atoms with van der Waals surface area (Å²) in [4.78, 5) is 10.1. The SMILES string of the molecule is O=Cc1cc(O)ccc1O.Oc1ccc(O)cc1. The van der Waals surface area contributed by atoms with Crippen LogP contribution in [0.3, 0.4) is 0 Å². The van der Waals surface area contributed by atoms with Gasteiger partial charge in [-0.3, -0.25) is 4.79 Å². The number of rotatable bonds is 1. The number of benzene rings is 2. The molecule has 5 heteroatoms. The Balaban J connectivity index is 0.000000184. The van der Waals surface area contributed by atoms with E-state index in [1.165, 1.54) is 42.5 Å². The topological polar surface area (TPSA) is 98.0 Å². The van der Waals surface area contributed by atoms with Crippen LogP contribution in [0, 0.1) is 0 Å². The van der Waals surface area contributed by atoms with Gasteiger partial charge in [0.1, 0.15) is 23.0 Å². The molecule has 0 unspecified atom stereocenters. The Kier molecular flexibility index (Phi) is 4.57. The zero-order chi connectivity index (χ0) is 13.5. The van der Waals surface area contributed by atoms with Crippen LogP contribution in [0.5, 0.6) is 23.0 Å². The molecule has 2 aromatic carbocycles. The summed E-state index contributed by atoms with van der Waals surface area (Å²) in [5, 5.41) is 35.0. The number of aldehydes is 1. The monoisotopic (exact) mass is 248 g/mol. The minimum atomic E-state index is -0.118. The van der Waals surface area contributed by atoms with Crippen molar-refractivity contribution in [2.75, 3.05) is 0 Å². The summed E-state index contributed by atoms with van der Waals surface area (Å²) in [6.45, 7) is 0. The molecule has 0 bridgehead atoms. The first-order valence-electron chi connectivity index (χ1n) is 4.98. The fourth-order valence-corrected chi connectivity index (χ4v) is 1.09. The minimum Gasteiger partial charge on any atom is -0.508 e. The van der Waals surface area contributed by atoms with Crippen LogP contribution in [-0.4, -0.2) is 26.7 Å². The molecule has 0 fully saturated rings. The van der Waals surface area contributed by atoms with Crippen LogP contribution < -0.4 is 0 Å². The van der Waals surface area contributed by atoms with Crippen molar-refractivity contribution in [3.8, 4) is 23.0 Å². The largest absolute Gasteiger partial charge is 0.508 e. The molecular weight excluding hydrogens is 236 g/mol. The van der Waals surface area contributed by atoms with Crippen LogP contribution in [-0.2, 0) is 0 Å². The van der Waals surface area contributed by atoms with Crippen molar-refractivity contribution in [1.29, 1.82) is 0 Å². The van der Waals surface area contributed by atoms with Crippen LogP contribution in [0.2, 0.25) is 0 Å². The van der Waals surface area contributed by atoms with Gasteiger partial charge in [0.25, 0.3) is 0 Å². The summed E-state index contributed by atoms with van der Waals surface area (Å²) in [5.74, 6) is 0.193. The molecular formula is C13H12O5. The molecule has 2 aromatic rings. The number of hydrogen-bond acceptors (Lipinski definition) is 5. The van der Waals surface area contributed by atoms with Crippen molar-refractivity contribution in [2.45, 2.75) is 0 Å². The normalized spacial score (nSPS) is 9.11. The van der Waals surface area contributed by atoms with Gasteiger partial charge >= 0.3 is 0 Å². The van der Waals surface area contributed by atoms with E-state index in [1.54, 1.807) is 0 Å². The molecule has 0 aliphatic heterocycles. The van der Waals surface area contributed by atoms with Crippen LogP contribution >= 0.6 is 0 Å². The summed E-state index contributed by atoms with van der Waals surface area (Å²) in [6, 6.07) is 9.47. The number of carbonyl (C=O) groups excluding carboxylic acids is 1. The van der Waals surface area contributed by atoms with Gasteiger partial charge in [-0.2, -0.15) is 0 Å². The van der Waals surface area contributed by atoms with Crippen molar-refractivity contribution in [2.24, 2.45) is 0 Å². The zero-order valence-corrected chi connectivity index (χ0v) is 9.32. The van der Waals surface area contributed by atoms with E-state index in [2.05, 4.69) is 0 Å². The molecule has 94 valence electrons. The van der Waals surface area contributed by atoms with Crippen LogP contribution in [0.1, 0.15) is 10.4 Å². The highest BCUT2D eigenvalue weighted by molar-refractivity contribution is 5.79. The van der Waals surface area contributed by atoms with Crippen molar-refractivity contribution in [3.63, 3.8) is 0 Å². The van der Waals surface area contributed by atoms with E-state index in [0.29, 0.717) is 6.29 Å². The van der Waals surface area contributed by atoms with Gasteiger partial charge < -0.3 is 20.4 Å². The maximum Gasteiger partial charge on any atom is 0.153 e. The van der Waals surface area contributed by atoms with Gasteiger partial charge in [0.05, 0.1) is 5.56 Å². The average molecular weight is 248 g/mol. The summed E-state index contributed by atoms with van der Waals surface area (Å²) >= 11 is 0. The van der Waals surface area contributed by atoms with Crippen molar-refractivity contribution < 1.29 is 25.2 Å². The van der Waals surface area contributed by atoms with Gasteiger partial charge in [-0.1, -0.05) is 0 Å². The van der Waals surface area contributed by atoms with Gasteiger partial charge in [-0.15, -0.1) is 0 Å². The van der Waals surface area contributed by atoms with Gasteiger partial charge in [-0.25, -0.2) is 0 Å². The van der Waals surface area contributed by atoms with E-state index in [-0.39, 0.29) is 28.6 Å². The molecule has 0 atom stereocenters. The molecule has 0 spiro atoms. The summed E-state index contributed by atoms with van der Waals surface area (Å²) in [6.07, 6.45) is 0.481. The number of hydrogen-bond donors (Lipinski definition) is 4. The molecule has 0 aromatic heterocycles. The Morgan fingerprint density at radius 1 is 0.722 bits per heavy atom. The van der Waals surface area contributed by atoms with E-state index in [4.69, 9.17) is 20.4 Å². The Morgan fingerprint density at radius 3 is 1.56 bits per heavy atom. The van der Waals surface area contributed by atoms with E-state index in [9.17, 15) is 4.79 Å². The Morgan fingerprint density at radius 2 is 1.17 bits per heavy atom. The predicted molar refractivity (Wildman–Crippen MR) is 64.9 cm³/mol. The zero-order valence-electron chi connectivity index (χ0n) is 9.32. The summed E-state index contributed by atoms with van der Waals surface area (Å²) < 4.78 is 0. The van der Waals surface area contributed by atoms with E-state index in [1.807, 2.05) is 0 Å². The molecule has 0 saturated heterocycles. The number of phenols is 4. The smallest absolute Gasteiger partial charge is 0.153 e. The first-order valence-corrected chi connectivity index (χ1v) is 4.98. The summed E-state index contributed by atoms with van der Waals surface area (Å²) in [5.41, 5.74) is 0.0972. The average Bonchev–Trinajstić information content (AvgIpc) is 2.37. The first kappa shape index (κ1) is 13.4. The number of aromatic hydroxyl groups is 4. The fraction of sp³-hybridized carbons (Fsp3) is 0. The third-order valence-electron chi connectivity index (χ3n) is 1.99. The second kappa shape index (κ2) is 6.15. The van der Waals surface area contributed by atoms with Crippen LogP contribution in [0.4, 0.5) is 0 Å². The number of phenolic OH excluding ortho intramolecular Hbond substituents is 4. The Labute approximate surface area is 103 Å². The maximum atomic E-state index is 10.1. The summed E-state index contributed by atoms with van der Waals surface area (Å²) in [7, 11) is 0. The van der Waals surface area contributed by atoms with Crippen LogP contribution in [0.15, 0.2) is 42.5 Å². The third kappa shape index (κ3) is 4.05. The Hall–Kier alpha value is -2.69. The lowest BCUT2D eigenvalue weighted by Crippen LogP contribution is -1.78. The predicted octanol–water partition coefficient (Wildman–Crippen LogP) is 2.01. The lowest BCUT2D eigenvalue weighted by Gasteiger charge is -1.95. The first-order chi connectivity index (χ1) is 8.52. The van der Waals surface area contributed by atoms with E-state index in [0.717, 1.165) is 0 Å². The third-order valence-corrected chi connectivity index (χ3v) is 1.99. The molecule has 18 heavy (non-hydrogen) atoms. The Bertz CT molecular complexity index is 498. The standard InChI is InChI=1S/C7H6O3.C6H6O2/c8-4-5-3-6(9)1-2-7(5)10;7-5-1-2-6(8)4-3-5/h1-4,9-10H;1-4,7-8H. The maximum absolute atomic E-state index is 10.1. The second-order valence-electron chi connectivity index (χ2n) is 3.38. The van der Waals surface area contributed by atoms with Crippen LogP contribution in [0.25, 0.3) is 0 Å². The van der Waals surface area contributed by atoms with Gasteiger partial charge in [0.15, 0.2) is 6.29 Å². The van der Waals surface area contributed by atoms with Gasteiger partial charge in [-0.05, 0) is 42.5 Å². The molecule has 0 aliphatic rings. The van der Waals surface area contributed by atoms with E-state index < -0.39 is 0 Å². The fourth-order valence-electron chi connectivity index (χ4n) is 1.09. The van der Waals surface area contributed by atoms with Crippen molar-refractivity contribution in [1.82, 2.24) is 0 Å². The highest BCUT2D eigenvalue weighted by Crippen LogP contribution is 2.19. The quantitative estimate of drug-likeness (QED) is 0.457. The molecule has 0 saturated carbocycles. The molecule has 5 nitrogen and oxygen atoms in total. The van der Waals surface area contributed by atoms with Crippen molar-refractivity contribution in [3.05, 3.63) is 48.0 Å². The second-order valence-corrected chi connectivity index (χ2v) is 3.38. The van der Waals surface area contributed by atoms with Gasteiger partial charge in [0, 0.05) is 0 Å². The highest BCUT2D eigenvalue weighted by atomic mass is 16.3. The van der Waals surface area contributed by atoms with E-state index >= 15 is 0 Å². The lowest BCUT2D eigenvalue weighted by molar-refractivity contribution is 0.112. The molecule has 0 heterocycles. The minimum absolute atomic E-state index is 0.0279.